The molecule has 0 aromatic heterocycles. The van der Waals surface area contributed by atoms with Crippen LogP contribution in [0.2, 0.25) is 5.02 Å². The zero-order chi connectivity index (χ0) is 21.5. The molecule has 0 amide bonds. The number of halogens is 3. The molecule has 0 saturated heterocycles. The number of hydrazone groups is 1. The highest BCUT2D eigenvalue weighted by Gasteiger charge is 2.14. The molecular formula is C21H14BrClFN3O2S. The fourth-order valence-corrected chi connectivity index (χ4v) is 3.11. The van der Waals surface area contributed by atoms with Crippen molar-refractivity contribution in [1.82, 2.24) is 5.43 Å². The fraction of sp³-hybridized carbons (Fsp3) is 0. The fourth-order valence-electron chi connectivity index (χ4n) is 2.35. The number of esters is 1. The molecular weight excluding hydrogens is 493 g/mol. The van der Waals surface area contributed by atoms with Crippen LogP contribution in [-0.2, 0) is 0 Å². The first-order valence-corrected chi connectivity index (χ1v) is 10.1. The van der Waals surface area contributed by atoms with Crippen LogP contribution in [0.4, 0.5) is 10.1 Å². The van der Waals surface area contributed by atoms with Gasteiger partial charge < -0.3 is 10.1 Å². The molecule has 0 atom stereocenters. The van der Waals surface area contributed by atoms with Gasteiger partial charge in [0.1, 0.15) is 11.6 Å². The van der Waals surface area contributed by atoms with E-state index in [-0.39, 0.29) is 16.5 Å². The van der Waals surface area contributed by atoms with Crippen LogP contribution in [0.3, 0.4) is 0 Å². The van der Waals surface area contributed by atoms with Crippen LogP contribution in [0.1, 0.15) is 15.9 Å². The van der Waals surface area contributed by atoms with Gasteiger partial charge in [-0.25, -0.2) is 9.18 Å². The minimum Gasteiger partial charge on any atom is -0.422 e. The number of thiocarbonyl (C=S) groups is 1. The number of ether oxygens (including phenoxy) is 1. The minimum absolute atomic E-state index is 0.211. The number of nitrogens with zero attached hydrogens (tertiary/aromatic N) is 1. The van der Waals surface area contributed by atoms with E-state index in [0.717, 1.165) is 4.47 Å². The molecule has 0 aliphatic rings. The molecule has 0 fully saturated rings. The first-order chi connectivity index (χ1) is 14.4. The number of rotatable bonds is 5. The third kappa shape index (κ3) is 6.09. The van der Waals surface area contributed by atoms with Crippen LogP contribution in [-0.4, -0.2) is 17.3 Å². The molecule has 0 aliphatic heterocycles. The van der Waals surface area contributed by atoms with E-state index in [1.54, 1.807) is 54.6 Å². The van der Waals surface area contributed by atoms with Gasteiger partial charge in [0.2, 0.25) is 0 Å². The van der Waals surface area contributed by atoms with E-state index in [2.05, 4.69) is 31.8 Å². The lowest BCUT2D eigenvalue weighted by Crippen LogP contribution is -2.23. The van der Waals surface area contributed by atoms with Crippen molar-refractivity contribution in [2.75, 3.05) is 5.32 Å². The molecule has 0 saturated carbocycles. The Morgan fingerprint density at radius 1 is 1.13 bits per heavy atom. The van der Waals surface area contributed by atoms with Crippen LogP contribution in [0.5, 0.6) is 5.75 Å². The number of nitrogens with one attached hydrogen (secondary N) is 2. The summed E-state index contributed by atoms with van der Waals surface area (Å²) in [7, 11) is 0. The van der Waals surface area contributed by atoms with Crippen LogP contribution in [0.25, 0.3) is 0 Å². The summed E-state index contributed by atoms with van der Waals surface area (Å²) in [5, 5.41) is 7.45. The molecule has 0 heterocycles. The normalized spacial score (nSPS) is 10.6. The Labute approximate surface area is 191 Å². The molecule has 2 N–H and O–H groups in total. The average Bonchev–Trinajstić information content (AvgIpc) is 2.72. The van der Waals surface area contributed by atoms with Crippen molar-refractivity contribution in [1.29, 1.82) is 0 Å². The minimum atomic E-state index is -0.584. The van der Waals surface area contributed by atoms with Crippen molar-refractivity contribution in [2.45, 2.75) is 0 Å². The number of hydrogen-bond acceptors (Lipinski definition) is 4. The Morgan fingerprint density at radius 2 is 1.87 bits per heavy atom. The molecule has 0 spiro atoms. The van der Waals surface area contributed by atoms with Crippen molar-refractivity contribution >= 4 is 62.7 Å². The largest absolute Gasteiger partial charge is 0.422 e. The summed E-state index contributed by atoms with van der Waals surface area (Å²) in [5.41, 5.74) is 4.05. The molecule has 152 valence electrons. The quantitative estimate of drug-likeness (QED) is 0.151. The van der Waals surface area contributed by atoms with Gasteiger partial charge in [-0.1, -0.05) is 39.7 Å². The molecule has 5 nitrogen and oxygen atoms in total. The van der Waals surface area contributed by atoms with Crippen LogP contribution >= 0.6 is 39.7 Å². The lowest BCUT2D eigenvalue weighted by molar-refractivity contribution is 0.0734. The van der Waals surface area contributed by atoms with Crippen molar-refractivity contribution in [3.05, 3.63) is 93.2 Å². The van der Waals surface area contributed by atoms with E-state index < -0.39 is 5.97 Å². The third-order valence-corrected chi connectivity index (χ3v) is 4.76. The highest BCUT2D eigenvalue weighted by Crippen LogP contribution is 2.24. The van der Waals surface area contributed by atoms with Gasteiger partial charge in [0.05, 0.1) is 16.8 Å². The topological polar surface area (TPSA) is 62.7 Å². The highest BCUT2D eigenvalue weighted by molar-refractivity contribution is 9.10. The zero-order valence-electron chi connectivity index (χ0n) is 15.2. The third-order valence-electron chi connectivity index (χ3n) is 3.74. The highest BCUT2D eigenvalue weighted by atomic mass is 79.9. The van der Waals surface area contributed by atoms with E-state index in [0.29, 0.717) is 22.0 Å². The van der Waals surface area contributed by atoms with Crippen molar-refractivity contribution < 1.29 is 13.9 Å². The van der Waals surface area contributed by atoms with E-state index >= 15 is 0 Å². The number of anilines is 1. The number of hydrogen-bond donors (Lipinski definition) is 2. The molecule has 9 heteroatoms. The van der Waals surface area contributed by atoms with Gasteiger partial charge in [-0.2, -0.15) is 5.10 Å². The summed E-state index contributed by atoms with van der Waals surface area (Å²) in [6, 6.07) is 17.5. The summed E-state index contributed by atoms with van der Waals surface area (Å²) in [4.78, 5) is 12.4. The number of carbonyl (C=O) groups is 1. The predicted molar refractivity (Wildman–Crippen MR) is 124 cm³/mol. The summed E-state index contributed by atoms with van der Waals surface area (Å²) >= 11 is 14.6. The van der Waals surface area contributed by atoms with Gasteiger partial charge in [-0.05, 0) is 66.8 Å². The van der Waals surface area contributed by atoms with Crippen molar-refractivity contribution in [3.63, 3.8) is 0 Å². The molecule has 3 rings (SSSR count). The van der Waals surface area contributed by atoms with E-state index in [4.69, 9.17) is 28.6 Å². The molecule has 0 unspecified atom stereocenters. The predicted octanol–water partition coefficient (Wildman–Crippen LogP) is 5.78. The van der Waals surface area contributed by atoms with E-state index in [9.17, 15) is 9.18 Å². The Morgan fingerprint density at radius 3 is 2.60 bits per heavy atom. The lowest BCUT2D eigenvalue weighted by atomic mass is 10.2. The second-order valence-electron chi connectivity index (χ2n) is 5.88. The summed E-state index contributed by atoms with van der Waals surface area (Å²) < 4.78 is 19.2. The molecule has 30 heavy (non-hydrogen) atoms. The zero-order valence-corrected chi connectivity index (χ0v) is 18.4. The van der Waals surface area contributed by atoms with Crippen molar-refractivity contribution in [3.8, 4) is 5.75 Å². The molecule has 3 aromatic carbocycles. The number of benzene rings is 3. The Hall–Kier alpha value is -2.81. The smallest absolute Gasteiger partial charge is 0.345 e. The summed E-state index contributed by atoms with van der Waals surface area (Å²) in [6.45, 7) is 0. The first-order valence-electron chi connectivity index (χ1n) is 8.54. The van der Waals surface area contributed by atoms with Crippen LogP contribution in [0, 0.1) is 5.82 Å². The molecule has 0 aliphatic carbocycles. The van der Waals surface area contributed by atoms with Gasteiger partial charge in [-0.15, -0.1) is 0 Å². The lowest BCUT2D eigenvalue weighted by Gasteiger charge is -2.09. The van der Waals surface area contributed by atoms with Gasteiger partial charge in [0.15, 0.2) is 5.11 Å². The van der Waals surface area contributed by atoms with Crippen LogP contribution in [0.15, 0.2) is 76.3 Å². The Bertz CT molecular complexity index is 1110. The molecule has 3 aromatic rings. The second-order valence-corrected chi connectivity index (χ2v) is 7.61. The van der Waals surface area contributed by atoms with Gasteiger partial charge >= 0.3 is 5.97 Å². The maximum absolute atomic E-state index is 13.0. The van der Waals surface area contributed by atoms with Gasteiger partial charge in [0, 0.05) is 15.7 Å². The van der Waals surface area contributed by atoms with Crippen LogP contribution < -0.4 is 15.5 Å². The summed E-state index contributed by atoms with van der Waals surface area (Å²) in [5.74, 6) is -0.629. The molecule has 0 radical (unpaired) electrons. The monoisotopic (exact) mass is 505 g/mol. The Balaban J connectivity index is 1.68. The maximum Gasteiger partial charge on any atom is 0.345 e. The van der Waals surface area contributed by atoms with Crippen molar-refractivity contribution in [2.24, 2.45) is 5.10 Å². The second kappa shape index (κ2) is 10.3. The van der Waals surface area contributed by atoms with Gasteiger partial charge in [0.25, 0.3) is 0 Å². The number of carbonyl (C=O) groups excluding carboxylic acids is 1. The first kappa shape index (κ1) is 21.9. The van der Waals surface area contributed by atoms with Gasteiger partial charge in [-0.3, -0.25) is 5.43 Å². The summed E-state index contributed by atoms with van der Waals surface area (Å²) in [6.07, 6.45) is 1.46. The average molecular weight is 507 g/mol. The molecule has 0 bridgehead atoms. The maximum atomic E-state index is 13.0. The standard InChI is InChI=1S/C21H14BrClFN3O2S/c22-14-5-10-19(29-20(28)17-3-1-2-4-18(17)23)13(11-14)12-25-27-21(30)26-16-8-6-15(24)7-9-16/h1-12H,(H2,26,27,30). The Kier molecular flexibility index (Phi) is 7.51. The van der Waals surface area contributed by atoms with E-state index in [1.165, 1.54) is 18.3 Å². The SMILES string of the molecule is O=C(Oc1ccc(Br)cc1C=NNC(=S)Nc1ccc(F)cc1)c1ccccc1Cl. The van der Waals surface area contributed by atoms with E-state index in [1.807, 2.05) is 0 Å².